The lowest BCUT2D eigenvalue weighted by Gasteiger charge is -2.04. The Hall–Kier alpha value is -1.83. The molecule has 90 valence electrons. The van der Waals surface area contributed by atoms with Gasteiger partial charge in [0.25, 0.3) is 0 Å². The van der Waals surface area contributed by atoms with Crippen molar-refractivity contribution >= 4 is 11.5 Å². The average molecular weight is 229 g/mol. The van der Waals surface area contributed by atoms with Crippen LogP contribution in [0.3, 0.4) is 0 Å². The van der Waals surface area contributed by atoms with Gasteiger partial charge in [-0.1, -0.05) is 43.7 Å². The first-order valence-electron chi connectivity index (χ1n) is 5.92. The molecule has 2 nitrogen and oxygen atoms in total. The number of nitrogen functional groups attached to an aromatic ring is 1. The SMILES string of the molecule is C/C=C(\C=C/CCC)C(=O)c1ccccc1N. The van der Waals surface area contributed by atoms with E-state index in [2.05, 4.69) is 6.92 Å². The van der Waals surface area contributed by atoms with E-state index in [1.54, 1.807) is 12.1 Å². The molecule has 0 saturated carbocycles. The molecule has 0 aromatic heterocycles. The number of ketones is 1. The Kier molecular flexibility index (Phi) is 5.21. The van der Waals surface area contributed by atoms with Gasteiger partial charge in [0, 0.05) is 16.8 Å². The smallest absolute Gasteiger partial charge is 0.194 e. The zero-order valence-electron chi connectivity index (χ0n) is 10.4. The van der Waals surface area contributed by atoms with E-state index < -0.39 is 0 Å². The molecule has 0 saturated heterocycles. The number of nitrogens with two attached hydrogens (primary N) is 1. The fourth-order valence-electron chi connectivity index (χ4n) is 1.54. The van der Waals surface area contributed by atoms with Crippen molar-refractivity contribution < 1.29 is 4.79 Å². The molecular weight excluding hydrogens is 210 g/mol. The zero-order chi connectivity index (χ0) is 12.7. The Morgan fingerprint density at radius 3 is 2.65 bits per heavy atom. The number of Topliss-reactive ketones (excluding diaryl/α,β-unsaturated/α-hetero) is 1. The minimum absolute atomic E-state index is 0.0158. The maximum absolute atomic E-state index is 12.2. The second kappa shape index (κ2) is 6.69. The predicted octanol–water partition coefficient (Wildman–Crippen LogP) is 3.75. The summed E-state index contributed by atoms with van der Waals surface area (Å²) in [5.41, 5.74) is 7.59. The van der Waals surface area contributed by atoms with E-state index in [1.807, 2.05) is 37.3 Å². The molecule has 0 aliphatic heterocycles. The number of hydrogen-bond acceptors (Lipinski definition) is 2. The Balaban J connectivity index is 2.92. The number of carbonyl (C=O) groups excluding carboxylic acids is 1. The molecule has 0 fully saturated rings. The highest BCUT2D eigenvalue weighted by atomic mass is 16.1. The summed E-state index contributed by atoms with van der Waals surface area (Å²) in [6.45, 7) is 3.97. The quantitative estimate of drug-likeness (QED) is 0.361. The van der Waals surface area contributed by atoms with Crippen molar-refractivity contribution in [2.75, 3.05) is 5.73 Å². The highest BCUT2D eigenvalue weighted by Gasteiger charge is 2.11. The van der Waals surface area contributed by atoms with Gasteiger partial charge in [0.15, 0.2) is 5.78 Å². The van der Waals surface area contributed by atoms with Crippen LogP contribution in [0.4, 0.5) is 5.69 Å². The maximum Gasteiger partial charge on any atom is 0.194 e. The summed E-state index contributed by atoms with van der Waals surface area (Å²) in [4.78, 5) is 12.2. The number of rotatable bonds is 5. The van der Waals surface area contributed by atoms with E-state index in [-0.39, 0.29) is 5.78 Å². The average Bonchev–Trinajstić information content (AvgIpc) is 2.35. The van der Waals surface area contributed by atoms with Crippen LogP contribution in [0.15, 0.2) is 48.1 Å². The monoisotopic (exact) mass is 229 g/mol. The molecule has 0 spiro atoms. The molecule has 1 rings (SSSR count). The number of para-hydroxylation sites is 1. The number of hydrogen-bond donors (Lipinski definition) is 1. The normalized spacial score (nSPS) is 12.0. The Labute approximate surface area is 103 Å². The Morgan fingerprint density at radius 1 is 1.35 bits per heavy atom. The third kappa shape index (κ3) is 3.59. The van der Waals surface area contributed by atoms with Crippen LogP contribution >= 0.6 is 0 Å². The summed E-state index contributed by atoms with van der Waals surface area (Å²) in [7, 11) is 0. The van der Waals surface area contributed by atoms with E-state index in [4.69, 9.17) is 5.73 Å². The lowest BCUT2D eigenvalue weighted by atomic mass is 10.0. The summed E-state index contributed by atoms with van der Waals surface area (Å²) in [5.74, 6) is -0.0158. The van der Waals surface area contributed by atoms with Crippen LogP contribution in [-0.2, 0) is 0 Å². The highest BCUT2D eigenvalue weighted by molar-refractivity contribution is 6.13. The number of carbonyl (C=O) groups is 1. The summed E-state index contributed by atoms with van der Waals surface area (Å²) in [6.07, 6.45) is 7.77. The minimum Gasteiger partial charge on any atom is -0.398 e. The van der Waals surface area contributed by atoms with E-state index in [0.717, 1.165) is 12.8 Å². The largest absolute Gasteiger partial charge is 0.398 e. The van der Waals surface area contributed by atoms with Gasteiger partial charge in [-0.2, -0.15) is 0 Å². The molecule has 0 atom stereocenters. The van der Waals surface area contributed by atoms with Crippen molar-refractivity contribution in [3.63, 3.8) is 0 Å². The molecule has 0 unspecified atom stereocenters. The molecule has 2 N–H and O–H groups in total. The predicted molar refractivity (Wildman–Crippen MR) is 73.0 cm³/mol. The summed E-state index contributed by atoms with van der Waals surface area (Å²) in [5, 5.41) is 0. The first-order chi connectivity index (χ1) is 8.20. The van der Waals surface area contributed by atoms with Crippen LogP contribution in [0.5, 0.6) is 0 Å². The van der Waals surface area contributed by atoms with Crippen molar-refractivity contribution in [3.8, 4) is 0 Å². The van der Waals surface area contributed by atoms with E-state index in [0.29, 0.717) is 16.8 Å². The van der Waals surface area contributed by atoms with Gasteiger partial charge in [0.2, 0.25) is 0 Å². The van der Waals surface area contributed by atoms with Crippen LogP contribution < -0.4 is 5.73 Å². The van der Waals surface area contributed by atoms with Gasteiger partial charge >= 0.3 is 0 Å². The first-order valence-corrected chi connectivity index (χ1v) is 5.92. The van der Waals surface area contributed by atoms with Gasteiger partial charge in [-0.3, -0.25) is 4.79 Å². The Bertz CT molecular complexity index is 444. The van der Waals surface area contributed by atoms with E-state index >= 15 is 0 Å². The number of unbranched alkanes of at least 4 members (excludes halogenated alkanes) is 1. The van der Waals surface area contributed by atoms with E-state index in [1.165, 1.54) is 0 Å². The summed E-state index contributed by atoms with van der Waals surface area (Å²) < 4.78 is 0. The molecule has 1 aromatic rings. The van der Waals surface area contributed by atoms with Crippen molar-refractivity contribution in [2.24, 2.45) is 0 Å². The molecule has 0 aliphatic carbocycles. The third-order valence-electron chi connectivity index (χ3n) is 2.53. The molecule has 17 heavy (non-hydrogen) atoms. The number of allylic oxidation sites excluding steroid dienone is 4. The van der Waals surface area contributed by atoms with Gasteiger partial charge in [-0.25, -0.2) is 0 Å². The number of benzene rings is 1. The standard InChI is InChI=1S/C15H19NO/c1-3-5-6-9-12(4-2)15(17)13-10-7-8-11-14(13)16/h4,6-11H,3,5,16H2,1-2H3/b9-6-,12-4+. The second-order valence-corrected chi connectivity index (χ2v) is 3.85. The van der Waals surface area contributed by atoms with Crippen LogP contribution in [0.25, 0.3) is 0 Å². The van der Waals surface area contributed by atoms with Crippen molar-refractivity contribution in [2.45, 2.75) is 26.7 Å². The second-order valence-electron chi connectivity index (χ2n) is 3.85. The molecule has 0 bridgehead atoms. The number of anilines is 1. The third-order valence-corrected chi connectivity index (χ3v) is 2.53. The topological polar surface area (TPSA) is 43.1 Å². The van der Waals surface area contributed by atoms with Crippen LogP contribution in [0, 0.1) is 0 Å². The molecule has 0 aliphatic rings. The van der Waals surface area contributed by atoms with Crippen molar-refractivity contribution in [1.29, 1.82) is 0 Å². The maximum atomic E-state index is 12.2. The van der Waals surface area contributed by atoms with E-state index in [9.17, 15) is 4.79 Å². The lowest BCUT2D eigenvalue weighted by Crippen LogP contribution is -2.05. The molecular formula is C15H19NO. The Morgan fingerprint density at radius 2 is 2.06 bits per heavy atom. The van der Waals surface area contributed by atoms with Gasteiger partial charge in [-0.05, 0) is 25.5 Å². The van der Waals surface area contributed by atoms with Crippen LogP contribution in [0.2, 0.25) is 0 Å². The van der Waals surface area contributed by atoms with Gasteiger partial charge < -0.3 is 5.73 Å². The molecule has 0 amide bonds. The van der Waals surface area contributed by atoms with Crippen LogP contribution in [0.1, 0.15) is 37.0 Å². The summed E-state index contributed by atoms with van der Waals surface area (Å²) in [6, 6.07) is 7.16. The molecule has 0 heterocycles. The lowest BCUT2D eigenvalue weighted by molar-refractivity contribution is 0.103. The summed E-state index contributed by atoms with van der Waals surface area (Å²) >= 11 is 0. The van der Waals surface area contributed by atoms with Gasteiger partial charge in [0.05, 0.1) is 0 Å². The molecule has 2 heteroatoms. The first kappa shape index (κ1) is 13.2. The van der Waals surface area contributed by atoms with Gasteiger partial charge in [0.1, 0.15) is 0 Å². The highest BCUT2D eigenvalue weighted by Crippen LogP contribution is 2.16. The zero-order valence-corrected chi connectivity index (χ0v) is 10.4. The minimum atomic E-state index is -0.0158. The molecule has 0 radical (unpaired) electrons. The fourth-order valence-corrected chi connectivity index (χ4v) is 1.54. The van der Waals surface area contributed by atoms with Crippen LogP contribution in [-0.4, -0.2) is 5.78 Å². The van der Waals surface area contributed by atoms with Crippen molar-refractivity contribution in [1.82, 2.24) is 0 Å². The van der Waals surface area contributed by atoms with Crippen molar-refractivity contribution in [3.05, 3.63) is 53.6 Å². The van der Waals surface area contributed by atoms with Gasteiger partial charge in [-0.15, -0.1) is 0 Å². The fraction of sp³-hybridized carbons (Fsp3) is 0.267. The molecule has 1 aromatic carbocycles.